The fourth-order valence-electron chi connectivity index (χ4n) is 2.22. The Labute approximate surface area is 115 Å². The number of nitrogens with one attached hydrogen (secondary N) is 1. The zero-order valence-corrected chi connectivity index (χ0v) is 11.7. The third kappa shape index (κ3) is 3.83. The number of anilines is 1. The number of benzene rings is 2. The van der Waals surface area contributed by atoms with Crippen LogP contribution in [0.25, 0.3) is 0 Å². The van der Waals surface area contributed by atoms with Gasteiger partial charge in [-0.25, -0.2) is 0 Å². The Balaban J connectivity index is 1.90. The Kier molecular flexibility index (Phi) is 4.58. The largest absolute Gasteiger partial charge is 0.398 e. The summed E-state index contributed by atoms with van der Waals surface area (Å²) < 4.78 is 0. The van der Waals surface area contributed by atoms with Gasteiger partial charge in [-0.3, -0.25) is 0 Å². The number of aryl methyl sites for hydroxylation is 1. The van der Waals surface area contributed by atoms with Crippen molar-refractivity contribution in [2.45, 2.75) is 32.9 Å². The molecule has 0 saturated heterocycles. The lowest BCUT2D eigenvalue weighted by atomic mass is 10.0. The molecule has 0 fully saturated rings. The van der Waals surface area contributed by atoms with Gasteiger partial charge >= 0.3 is 0 Å². The van der Waals surface area contributed by atoms with Gasteiger partial charge in [-0.05, 0) is 43.0 Å². The van der Waals surface area contributed by atoms with Crippen LogP contribution in [0.1, 0.15) is 23.6 Å². The molecule has 3 N–H and O–H groups in total. The van der Waals surface area contributed by atoms with Gasteiger partial charge in [-0.1, -0.05) is 42.5 Å². The first kappa shape index (κ1) is 13.6. The first-order valence-electron chi connectivity index (χ1n) is 6.78. The lowest BCUT2D eigenvalue weighted by molar-refractivity contribution is 0.545. The predicted octanol–water partition coefficient (Wildman–Crippen LogP) is 3.30. The Morgan fingerprint density at radius 3 is 2.32 bits per heavy atom. The van der Waals surface area contributed by atoms with Crippen LogP contribution in [-0.4, -0.2) is 6.04 Å². The zero-order chi connectivity index (χ0) is 13.7. The third-order valence-electron chi connectivity index (χ3n) is 3.48. The van der Waals surface area contributed by atoms with E-state index >= 15 is 0 Å². The molecule has 2 rings (SSSR count). The summed E-state index contributed by atoms with van der Waals surface area (Å²) in [5.41, 5.74) is 10.7. The maximum Gasteiger partial charge on any atom is 0.0359 e. The van der Waals surface area contributed by atoms with E-state index in [2.05, 4.69) is 49.5 Å². The van der Waals surface area contributed by atoms with Gasteiger partial charge in [0.25, 0.3) is 0 Å². The molecule has 2 aromatic carbocycles. The molecule has 19 heavy (non-hydrogen) atoms. The molecule has 100 valence electrons. The summed E-state index contributed by atoms with van der Waals surface area (Å²) in [5, 5.41) is 3.54. The molecule has 0 aromatic heterocycles. The van der Waals surface area contributed by atoms with E-state index in [0.29, 0.717) is 6.04 Å². The molecule has 0 saturated carbocycles. The summed E-state index contributed by atoms with van der Waals surface area (Å²) in [6.45, 7) is 5.20. The number of nitrogen functional groups attached to an aromatic ring is 1. The molecular weight excluding hydrogens is 232 g/mol. The van der Waals surface area contributed by atoms with Crippen LogP contribution in [-0.2, 0) is 13.0 Å². The highest BCUT2D eigenvalue weighted by Gasteiger charge is 2.06. The normalized spacial score (nSPS) is 12.3. The Hall–Kier alpha value is -1.80. The van der Waals surface area contributed by atoms with E-state index in [0.717, 1.165) is 18.7 Å². The quantitative estimate of drug-likeness (QED) is 0.803. The van der Waals surface area contributed by atoms with E-state index in [-0.39, 0.29) is 0 Å². The fourth-order valence-corrected chi connectivity index (χ4v) is 2.22. The van der Waals surface area contributed by atoms with Gasteiger partial charge in [-0.2, -0.15) is 0 Å². The third-order valence-corrected chi connectivity index (χ3v) is 3.48. The van der Waals surface area contributed by atoms with Gasteiger partial charge in [0.05, 0.1) is 0 Å². The minimum absolute atomic E-state index is 0.431. The van der Waals surface area contributed by atoms with Crippen molar-refractivity contribution in [2.24, 2.45) is 0 Å². The monoisotopic (exact) mass is 254 g/mol. The highest BCUT2D eigenvalue weighted by atomic mass is 14.9. The molecule has 0 radical (unpaired) electrons. The van der Waals surface area contributed by atoms with Crippen molar-refractivity contribution >= 4 is 5.69 Å². The van der Waals surface area contributed by atoms with Crippen molar-refractivity contribution in [3.8, 4) is 0 Å². The SMILES string of the molecule is Cc1ccccc1CC(C)NCc1ccccc1N. The lowest BCUT2D eigenvalue weighted by Gasteiger charge is -2.16. The van der Waals surface area contributed by atoms with Crippen molar-refractivity contribution in [1.29, 1.82) is 0 Å². The molecule has 0 bridgehead atoms. The van der Waals surface area contributed by atoms with Gasteiger partial charge in [0.15, 0.2) is 0 Å². The van der Waals surface area contributed by atoms with E-state index in [1.54, 1.807) is 0 Å². The molecule has 1 atom stereocenters. The summed E-state index contributed by atoms with van der Waals surface area (Å²) >= 11 is 0. The average molecular weight is 254 g/mol. The van der Waals surface area contributed by atoms with Crippen LogP contribution in [0.4, 0.5) is 5.69 Å². The molecule has 2 nitrogen and oxygen atoms in total. The standard InChI is InChI=1S/C17H22N2/c1-13-7-3-4-8-15(13)11-14(2)19-12-16-9-5-6-10-17(16)18/h3-10,14,19H,11-12,18H2,1-2H3. The van der Waals surface area contributed by atoms with Gasteiger partial charge in [0.1, 0.15) is 0 Å². The molecular formula is C17H22N2. The topological polar surface area (TPSA) is 38.0 Å². The fraction of sp³-hybridized carbons (Fsp3) is 0.294. The second-order valence-corrected chi connectivity index (χ2v) is 5.11. The number of rotatable bonds is 5. The Bertz CT molecular complexity index is 534. The van der Waals surface area contributed by atoms with Crippen molar-refractivity contribution in [1.82, 2.24) is 5.32 Å². The van der Waals surface area contributed by atoms with Crippen LogP contribution in [0, 0.1) is 6.92 Å². The number of hydrogen-bond donors (Lipinski definition) is 2. The molecule has 0 amide bonds. The molecule has 0 aliphatic rings. The van der Waals surface area contributed by atoms with Crippen molar-refractivity contribution in [3.63, 3.8) is 0 Å². The van der Waals surface area contributed by atoms with Crippen LogP contribution in [0.2, 0.25) is 0 Å². The second kappa shape index (κ2) is 6.39. The Morgan fingerprint density at radius 1 is 1.00 bits per heavy atom. The number of hydrogen-bond acceptors (Lipinski definition) is 2. The predicted molar refractivity (Wildman–Crippen MR) is 82.0 cm³/mol. The Morgan fingerprint density at radius 2 is 1.63 bits per heavy atom. The number of para-hydroxylation sites is 1. The molecule has 2 heteroatoms. The van der Waals surface area contributed by atoms with E-state index in [9.17, 15) is 0 Å². The minimum atomic E-state index is 0.431. The minimum Gasteiger partial charge on any atom is -0.398 e. The lowest BCUT2D eigenvalue weighted by Crippen LogP contribution is -2.28. The van der Waals surface area contributed by atoms with E-state index in [4.69, 9.17) is 5.73 Å². The van der Waals surface area contributed by atoms with Crippen molar-refractivity contribution in [3.05, 3.63) is 65.2 Å². The summed E-state index contributed by atoms with van der Waals surface area (Å²) in [6.07, 6.45) is 1.04. The molecule has 0 spiro atoms. The smallest absolute Gasteiger partial charge is 0.0359 e. The van der Waals surface area contributed by atoms with Crippen LogP contribution in [0.3, 0.4) is 0 Å². The molecule has 0 aliphatic carbocycles. The van der Waals surface area contributed by atoms with Gasteiger partial charge < -0.3 is 11.1 Å². The maximum absolute atomic E-state index is 5.94. The summed E-state index contributed by atoms with van der Waals surface area (Å²) in [4.78, 5) is 0. The first-order chi connectivity index (χ1) is 9.16. The maximum atomic E-state index is 5.94. The van der Waals surface area contributed by atoms with Crippen LogP contribution in [0.5, 0.6) is 0 Å². The zero-order valence-electron chi connectivity index (χ0n) is 11.7. The van der Waals surface area contributed by atoms with Crippen LogP contribution >= 0.6 is 0 Å². The van der Waals surface area contributed by atoms with Crippen molar-refractivity contribution in [2.75, 3.05) is 5.73 Å². The van der Waals surface area contributed by atoms with Crippen LogP contribution < -0.4 is 11.1 Å². The van der Waals surface area contributed by atoms with Gasteiger partial charge in [0.2, 0.25) is 0 Å². The highest BCUT2D eigenvalue weighted by Crippen LogP contribution is 2.12. The summed E-state index contributed by atoms with van der Waals surface area (Å²) in [6, 6.07) is 17.0. The van der Waals surface area contributed by atoms with Crippen LogP contribution in [0.15, 0.2) is 48.5 Å². The van der Waals surface area contributed by atoms with E-state index < -0.39 is 0 Å². The summed E-state index contributed by atoms with van der Waals surface area (Å²) in [7, 11) is 0. The van der Waals surface area contributed by atoms with E-state index in [1.807, 2.05) is 18.2 Å². The van der Waals surface area contributed by atoms with E-state index in [1.165, 1.54) is 16.7 Å². The number of nitrogens with two attached hydrogens (primary N) is 1. The van der Waals surface area contributed by atoms with Gasteiger partial charge in [0, 0.05) is 18.3 Å². The summed E-state index contributed by atoms with van der Waals surface area (Å²) in [5.74, 6) is 0. The molecule has 0 aliphatic heterocycles. The second-order valence-electron chi connectivity index (χ2n) is 5.11. The average Bonchev–Trinajstić information content (AvgIpc) is 2.40. The van der Waals surface area contributed by atoms with Crippen molar-refractivity contribution < 1.29 is 0 Å². The van der Waals surface area contributed by atoms with Gasteiger partial charge in [-0.15, -0.1) is 0 Å². The highest BCUT2D eigenvalue weighted by molar-refractivity contribution is 5.46. The molecule has 1 unspecified atom stereocenters. The molecule has 2 aromatic rings. The molecule has 0 heterocycles. The first-order valence-corrected chi connectivity index (χ1v) is 6.78.